The summed E-state index contributed by atoms with van der Waals surface area (Å²) < 4.78 is 0. The summed E-state index contributed by atoms with van der Waals surface area (Å²) in [6.07, 6.45) is 3.26. The smallest absolute Gasteiger partial charge is 0.198 e. The van der Waals surface area contributed by atoms with Crippen LogP contribution in [0.2, 0.25) is 5.04 Å². The van der Waals surface area contributed by atoms with Gasteiger partial charge in [0.25, 0.3) is 0 Å². The average molecular weight is 425 g/mol. The molecule has 0 saturated heterocycles. The molecule has 3 rings (SSSR count). The van der Waals surface area contributed by atoms with E-state index in [-0.39, 0.29) is 5.04 Å². The molecule has 0 aliphatic carbocycles. The van der Waals surface area contributed by atoms with E-state index in [0.717, 1.165) is 24.8 Å². The summed E-state index contributed by atoms with van der Waals surface area (Å²) in [6, 6.07) is 31.0. The molecule has 0 fully saturated rings. The summed E-state index contributed by atoms with van der Waals surface area (Å²) in [5.74, 6) is 6.47. The van der Waals surface area contributed by atoms with Crippen LogP contribution in [0.3, 0.4) is 0 Å². The van der Waals surface area contributed by atoms with Gasteiger partial charge in [0.05, 0.1) is 0 Å². The van der Waals surface area contributed by atoms with E-state index in [1.165, 1.54) is 10.4 Å². The molecule has 0 N–H and O–H groups in total. The maximum Gasteiger partial charge on any atom is 0.198 e. The Bertz CT molecular complexity index is 983. The zero-order valence-electron chi connectivity index (χ0n) is 18.9. The fourth-order valence-electron chi connectivity index (χ4n) is 4.52. The molecule has 1 nitrogen and oxygen atoms in total. The number of benzene rings is 3. The number of hydrogen-bond acceptors (Lipinski definition) is 1. The number of rotatable bonds is 7. The van der Waals surface area contributed by atoms with E-state index in [1.54, 1.807) is 0 Å². The molecule has 0 spiro atoms. The van der Waals surface area contributed by atoms with Gasteiger partial charge in [0.15, 0.2) is 8.07 Å². The molecule has 0 saturated carbocycles. The van der Waals surface area contributed by atoms with Gasteiger partial charge in [-0.15, -0.1) is 0 Å². The van der Waals surface area contributed by atoms with Crippen molar-refractivity contribution in [2.45, 2.75) is 51.5 Å². The zero-order valence-corrected chi connectivity index (χ0v) is 19.9. The molecule has 0 heterocycles. The van der Waals surface area contributed by atoms with Crippen LogP contribution < -0.4 is 10.4 Å². The fraction of sp³-hybridized carbons (Fsp3) is 0.276. The fourth-order valence-corrected chi connectivity index (χ4v) is 10.0. The first kappa shape index (κ1) is 22.8. The predicted molar refractivity (Wildman–Crippen MR) is 134 cm³/mol. The Morgan fingerprint density at radius 1 is 0.742 bits per heavy atom. The highest BCUT2D eigenvalue weighted by Gasteiger charge is 2.53. The molecular formula is C29H32OSi. The molecule has 158 valence electrons. The quantitative estimate of drug-likeness (QED) is 0.267. The number of unbranched alkanes of at least 4 members (excludes halogenated alkanes) is 2. The molecule has 0 aromatic heterocycles. The van der Waals surface area contributed by atoms with Gasteiger partial charge >= 0.3 is 0 Å². The third-order valence-electron chi connectivity index (χ3n) is 5.92. The number of carbonyl (C=O) groups is 1. The Hall–Kier alpha value is -2.89. The maximum absolute atomic E-state index is 14.0. The lowest BCUT2D eigenvalue weighted by atomic mass is 10.2. The molecule has 0 radical (unpaired) electrons. The molecule has 31 heavy (non-hydrogen) atoms. The number of hydrogen-bond donors (Lipinski definition) is 0. The second-order valence-electron chi connectivity index (χ2n) is 9.03. The van der Waals surface area contributed by atoms with E-state index >= 15 is 0 Å². The molecule has 3 aromatic carbocycles. The van der Waals surface area contributed by atoms with Crippen LogP contribution in [0.4, 0.5) is 0 Å². The van der Waals surface area contributed by atoms with Crippen LogP contribution in [0.25, 0.3) is 0 Å². The van der Waals surface area contributed by atoms with Crippen LogP contribution in [0.5, 0.6) is 0 Å². The van der Waals surface area contributed by atoms with Crippen molar-refractivity contribution in [1.29, 1.82) is 0 Å². The van der Waals surface area contributed by atoms with Crippen molar-refractivity contribution in [3.8, 4) is 11.8 Å². The maximum atomic E-state index is 14.0. The van der Waals surface area contributed by atoms with Crippen LogP contribution in [0.1, 0.15) is 52.0 Å². The molecular weight excluding hydrogens is 392 g/mol. The first-order valence-electron chi connectivity index (χ1n) is 11.1. The first-order valence-corrected chi connectivity index (χ1v) is 13.1. The second kappa shape index (κ2) is 10.4. The van der Waals surface area contributed by atoms with Crippen LogP contribution in [-0.4, -0.2) is 13.5 Å². The van der Waals surface area contributed by atoms with Crippen molar-refractivity contribution in [3.05, 3.63) is 96.6 Å². The monoisotopic (exact) mass is 424 g/mol. The molecule has 3 aromatic rings. The summed E-state index contributed by atoms with van der Waals surface area (Å²) >= 11 is 0. The van der Waals surface area contributed by atoms with Crippen molar-refractivity contribution >= 4 is 23.9 Å². The van der Waals surface area contributed by atoms with Gasteiger partial charge in [-0.3, -0.25) is 0 Å². The minimum Gasteiger partial charge on any atom is -0.304 e. The van der Waals surface area contributed by atoms with Crippen LogP contribution in [0.15, 0.2) is 91.0 Å². The highest BCUT2D eigenvalue weighted by molar-refractivity contribution is 7.24. The van der Waals surface area contributed by atoms with Gasteiger partial charge in [-0.2, -0.15) is 0 Å². The van der Waals surface area contributed by atoms with Gasteiger partial charge < -0.3 is 4.79 Å². The van der Waals surface area contributed by atoms with E-state index in [0.29, 0.717) is 11.8 Å². The molecule has 0 atom stereocenters. The van der Waals surface area contributed by atoms with E-state index in [4.69, 9.17) is 0 Å². The summed E-state index contributed by atoms with van der Waals surface area (Å²) in [5, 5.41) is 2.72. The summed E-state index contributed by atoms with van der Waals surface area (Å²) in [7, 11) is -2.65. The topological polar surface area (TPSA) is 17.1 Å². The second-order valence-corrected chi connectivity index (χ2v) is 13.7. The Morgan fingerprint density at radius 2 is 1.23 bits per heavy atom. The van der Waals surface area contributed by atoms with Gasteiger partial charge in [0, 0.05) is 18.4 Å². The first-order chi connectivity index (χ1) is 15.0. The van der Waals surface area contributed by atoms with Crippen molar-refractivity contribution in [3.63, 3.8) is 0 Å². The average Bonchev–Trinajstić information content (AvgIpc) is 2.78. The molecule has 2 heteroatoms. The third kappa shape index (κ3) is 5.24. The van der Waals surface area contributed by atoms with Crippen molar-refractivity contribution < 1.29 is 4.79 Å². The Labute approximate surface area is 188 Å². The van der Waals surface area contributed by atoms with Gasteiger partial charge in [0.1, 0.15) is 5.41 Å². The molecule has 0 aliphatic rings. The minimum atomic E-state index is -2.65. The highest BCUT2D eigenvalue weighted by Crippen LogP contribution is 2.37. The minimum absolute atomic E-state index is 0.125. The standard InChI is InChI=1S/C29H32OSi/c1-29(2,3)31(26-20-12-7-13-21-26,27-22-14-8-15-23-27)28(30)24-16-5-4-9-17-25-18-10-6-11-19-25/h6-8,10-15,18-23H,4-5,16,24H2,1-3H3. The molecule has 0 bridgehead atoms. The Kier molecular flexibility index (Phi) is 7.66. The van der Waals surface area contributed by atoms with Crippen molar-refractivity contribution in [1.82, 2.24) is 0 Å². The van der Waals surface area contributed by atoms with E-state index in [9.17, 15) is 4.79 Å². The number of carbonyl (C=O) groups excluding carboxylic acids is 1. The van der Waals surface area contributed by atoms with Gasteiger partial charge in [0.2, 0.25) is 0 Å². The molecule has 0 unspecified atom stereocenters. The lowest BCUT2D eigenvalue weighted by Crippen LogP contribution is -2.69. The van der Waals surface area contributed by atoms with Gasteiger partial charge in [-0.25, -0.2) is 0 Å². The molecule has 0 aliphatic heterocycles. The lowest BCUT2D eigenvalue weighted by Gasteiger charge is -2.42. The van der Waals surface area contributed by atoms with Crippen LogP contribution >= 0.6 is 0 Å². The normalized spacial score (nSPS) is 11.5. The largest absolute Gasteiger partial charge is 0.304 e. The van der Waals surface area contributed by atoms with E-state index in [1.807, 2.05) is 42.5 Å². The lowest BCUT2D eigenvalue weighted by molar-refractivity contribution is -0.112. The predicted octanol–water partition coefficient (Wildman–Crippen LogP) is 5.77. The third-order valence-corrected chi connectivity index (χ3v) is 11.7. The zero-order chi connectivity index (χ0) is 22.2. The van der Waals surface area contributed by atoms with Crippen LogP contribution in [0, 0.1) is 11.8 Å². The summed E-state index contributed by atoms with van der Waals surface area (Å²) in [4.78, 5) is 14.0. The Balaban J connectivity index is 1.80. The van der Waals surface area contributed by atoms with Crippen LogP contribution in [-0.2, 0) is 4.79 Å². The Morgan fingerprint density at radius 3 is 1.71 bits per heavy atom. The van der Waals surface area contributed by atoms with Crippen molar-refractivity contribution in [2.75, 3.05) is 0 Å². The summed E-state index contributed by atoms with van der Waals surface area (Å²) in [6.45, 7) is 6.72. The highest BCUT2D eigenvalue weighted by atomic mass is 28.3. The SMILES string of the molecule is CC(C)(C)[Si](C(=O)CCCCC#Cc1ccccc1)(c1ccccc1)c1ccccc1. The van der Waals surface area contributed by atoms with E-state index in [2.05, 4.69) is 81.1 Å². The van der Waals surface area contributed by atoms with E-state index < -0.39 is 8.07 Å². The van der Waals surface area contributed by atoms with Gasteiger partial charge in [-0.05, 0) is 40.4 Å². The molecule has 0 amide bonds. The van der Waals surface area contributed by atoms with Crippen molar-refractivity contribution in [2.24, 2.45) is 0 Å². The summed E-state index contributed by atoms with van der Waals surface area (Å²) in [5.41, 5.74) is 1.05. The van der Waals surface area contributed by atoms with Gasteiger partial charge in [-0.1, -0.05) is 111 Å².